The lowest BCUT2D eigenvalue weighted by atomic mass is 10.2. The number of anilines is 1. The van der Waals surface area contributed by atoms with Crippen molar-refractivity contribution in [1.29, 1.82) is 0 Å². The highest BCUT2D eigenvalue weighted by molar-refractivity contribution is 8.00. The van der Waals surface area contributed by atoms with Crippen LogP contribution < -0.4 is 4.90 Å². The highest BCUT2D eigenvalue weighted by Gasteiger charge is 2.28. The Bertz CT molecular complexity index is 460. The molecule has 2 heterocycles. The first-order chi connectivity index (χ1) is 9.50. The molecule has 0 aliphatic carbocycles. The van der Waals surface area contributed by atoms with Gasteiger partial charge in [-0.3, -0.25) is 4.79 Å². The second-order valence-corrected chi connectivity index (χ2v) is 8.09. The molecule has 6 heteroatoms. The van der Waals surface area contributed by atoms with Gasteiger partial charge in [0.2, 0.25) is 0 Å². The van der Waals surface area contributed by atoms with Crippen LogP contribution >= 0.6 is 23.1 Å². The number of rotatable bonds is 5. The van der Waals surface area contributed by atoms with Crippen LogP contribution in [0.4, 0.5) is 5.13 Å². The zero-order valence-electron chi connectivity index (χ0n) is 12.3. The number of esters is 1. The Balaban J connectivity index is 1.90. The molecule has 0 amide bonds. The monoisotopic (exact) mass is 314 g/mol. The van der Waals surface area contributed by atoms with E-state index < -0.39 is 0 Å². The summed E-state index contributed by atoms with van der Waals surface area (Å²) < 4.78 is 5.22. The summed E-state index contributed by atoms with van der Waals surface area (Å²) in [6.07, 6.45) is 1.08. The standard InChI is InChI=1S/C14H22N2O2S2/c1-4-18-12(17)6-5-11-9-19-13(15-11)16-7-8-20-14(2,3)10-16/h9H,4-8,10H2,1-3H3. The van der Waals surface area contributed by atoms with E-state index in [9.17, 15) is 4.79 Å². The Hall–Kier alpha value is -0.750. The number of thioether (sulfide) groups is 1. The second kappa shape index (κ2) is 6.80. The van der Waals surface area contributed by atoms with Crippen molar-refractivity contribution in [3.63, 3.8) is 0 Å². The smallest absolute Gasteiger partial charge is 0.306 e. The topological polar surface area (TPSA) is 42.4 Å². The van der Waals surface area contributed by atoms with Gasteiger partial charge in [-0.1, -0.05) is 0 Å². The van der Waals surface area contributed by atoms with Crippen LogP contribution in [0.3, 0.4) is 0 Å². The van der Waals surface area contributed by atoms with Crippen LogP contribution in [-0.4, -0.2) is 41.1 Å². The molecule has 1 saturated heterocycles. The third-order valence-corrected chi connectivity index (χ3v) is 5.37. The summed E-state index contributed by atoms with van der Waals surface area (Å²) in [7, 11) is 0. The number of carbonyl (C=O) groups excluding carboxylic acids is 1. The van der Waals surface area contributed by atoms with Gasteiger partial charge in [0.05, 0.1) is 18.7 Å². The van der Waals surface area contributed by atoms with Gasteiger partial charge < -0.3 is 9.64 Å². The van der Waals surface area contributed by atoms with Gasteiger partial charge in [-0.05, 0) is 20.8 Å². The highest BCUT2D eigenvalue weighted by Crippen LogP contribution is 2.33. The Kier molecular flexibility index (Phi) is 5.32. The minimum Gasteiger partial charge on any atom is -0.466 e. The first kappa shape index (κ1) is 15.6. The van der Waals surface area contributed by atoms with E-state index in [1.54, 1.807) is 11.3 Å². The molecule has 1 fully saturated rings. The summed E-state index contributed by atoms with van der Waals surface area (Å²) in [5.74, 6) is 1.00. The Morgan fingerprint density at radius 2 is 2.35 bits per heavy atom. The number of thiazole rings is 1. The van der Waals surface area contributed by atoms with E-state index in [1.165, 1.54) is 0 Å². The molecule has 0 saturated carbocycles. The predicted octanol–water partition coefficient (Wildman–Crippen LogP) is 2.97. The summed E-state index contributed by atoms with van der Waals surface area (Å²) in [5.41, 5.74) is 0.995. The summed E-state index contributed by atoms with van der Waals surface area (Å²) in [4.78, 5) is 18.4. The van der Waals surface area contributed by atoms with Gasteiger partial charge in [0.15, 0.2) is 5.13 Å². The molecule has 0 bridgehead atoms. The normalized spacial score (nSPS) is 18.1. The van der Waals surface area contributed by atoms with Gasteiger partial charge in [-0.15, -0.1) is 11.3 Å². The molecule has 0 atom stereocenters. The van der Waals surface area contributed by atoms with E-state index in [-0.39, 0.29) is 10.7 Å². The molecule has 112 valence electrons. The maximum atomic E-state index is 11.4. The van der Waals surface area contributed by atoms with Crippen molar-refractivity contribution in [2.24, 2.45) is 0 Å². The fourth-order valence-electron chi connectivity index (χ4n) is 2.20. The summed E-state index contributed by atoms with van der Waals surface area (Å²) >= 11 is 3.69. The number of aryl methyl sites for hydroxylation is 1. The Morgan fingerprint density at radius 1 is 1.55 bits per heavy atom. The fourth-order valence-corrected chi connectivity index (χ4v) is 4.20. The van der Waals surface area contributed by atoms with Crippen molar-refractivity contribution < 1.29 is 9.53 Å². The van der Waals surface area contributed by atoms with E-state index in [1.807, 2.05) is 18.7 Å². The molecule has 0 N–H and O–H groups in total. The van der Waals surface area contributed by atoms with Crippen LogP contribution in [0.15, 0.2) is 5.38 Å². The molecule has 4 nitrogen and oxygen atoms in total. The molecule has 0 aromatic carbocycles. The number of carbonyl (C=O) groups is 1. The second-order valence-electron chi connectivity index (χ2n) is 5.46. The molecular formula is C14H22N2O2S2. The van der Waals surface area contributed by atoms with E-state index >= 15 is 0 Å². The van der Waals surface area contributed by atoms with Crippen LogP contribution in [0, 0.1) is 0 Å². The minimum atomic E-state index is -0.141. The summed E-state index contributed by atoms with van der Waals surface area (Å²) in [6.45, 7) is 8.91. The number of ether oxygens (including phenoxy) is 1. The van der Waals surface area contributed by atoms with Crippen molar-refractivity contribution in [2.45, 2.75) is 38.4 Å². The third-order valence-electron chi connectivity index (χ3n) is 3.13. The largest absolute Gasteiger partial charge is 0.466 e. The van der Waals surface area contributed by atoms with Crippen molar-refractivity contribution in [3.8, 4) is 0 Å². The average Bonchev–Trinajstić information content (AvgIpc) is 2.84. The first-order valence-electron chi connectivity index (χ1n) is 6.99. The van der Waals surface area contributed by atoms with Gasteiger partial charge in [-0.25, -0.2) is 4.98 Å². The molecule has 0 unspecified atom stereocenters. The maximum absolute atomic E-state index is 11.4. The Morgan fingerprint density at radius 3 is 3.05 bits per heavy atom. The van der Waals surface area contributed by atoms with E-state index in [2.05, 4.69) is 29.1 Å². The lowest BCUT2D eigenvalue weighted by Crippen LogP contribution is -2.43. The molecular weight excluding hydrogens is 292 g/mol. The first-order valence-corrected chi connectivity index (χ1v) is 8.85. The molecule has 1 aromatic heterocycles. The average molecular weight is 314 g/mol. The molecule has 0 spiro atoms. The zero-order valence-corrected chi connectivity index (χ0v) is 14.0. The van der Waals surface area contributed by atoms with Crippen LogP contribution in [0.1, 0.15) is 32.9 Å². The van der Waals surface area contributed by atoms with Crippen molar-refractivity contribution in [1.82, 2.24) is 4.98 Å². The van der Waals surface area contributed by atoms with Crippen LogP contribution in [0.2, 0.25) is 0 Å². The quantitative estimate of drug-likeness (QED) is 0.782. The van der Waals surface area contributed by atoms with Gasteiger partial charge >= 0.3 is 5.97 Å². The summed E-state index contributed by atoms with van der Waals surface area (Å²) in [6, 6.07) is 0. The third kappa shape index (κ3) is 4.38. The fraction of sp³-hybridized carbons (Fsp3) is 0.714. The molecule has 1 aromatic rings. The van der Waals surface area contributed by atoms with Crippen molar-refractivity contribution in [3.05, 3.63) is 11.1 Å². The van der Waals surface area contributed by atoms with E-state index in [0.29, 0.717) is 19.4 Å². The number of aromatic nitrogens is 1. The van der Waals surface area contributed by atoms with Gasteiger partial charge in [-0.2, -0.15) is 11.8 Å². The van der Waals surface area contributed by atoms with Gasteiger partial charge in [0, 0.05) is 35.4 Å². The molecule has 1 aliphatic rings. The molecule has 0 radical (unpaired) electrons. The number of hydrogen-bond donors (Lipinski definition) is 0. The van der Waals surface area contributed by atoms with E-state index in [0.717, 1.165) is 29.7 Å². The zero-order chi connectivity index (χ0) is 14.6. The number of hydrogen-bond acceptors (Lipinski definition) is 6. The lowest BCUT2D eigenvalue weighted by Gasteiger charge is -2.37. The van der Waals surface area contributed by atoms with Gasteiger partial charge in [0.25, 0.3) is 0 Å². The van der Waals surface area contributed by atoms with Crippen molar-refractivity contribution >= 4 is 34.2 Å². The SMILES string of the molecule is CCOC(=O)CCc1csc(N2CCSC(C)(C)C2)n1. The molecule has 1 aliphatic heterocycles. The molecule has 20 heavy (non-hydrogen) atoms. The van der Waals surface area contributed by atoms with Crippen LogP contribution in [-0.2, 0) is 16.0 Å². The lowest BCUT2D eigenvalue weighted by molar-refractivity contribution is -0.143. The summed E-state index contributed by atoms with van der Waals surface area (Å²) in [5, 5.41) is 3.14. The molecule has 2 rings (SSSR count). The predicted molar refractivity (Wildman–Crippen MR) is 85.8 cm³/mol. The van der Waals surface area contributed by atoms with Crippen LogP contribution in [0.5, 0.6) is 0 Å². The van der Waals surface area contributed by atoms with E-state index in [4.69, 9.17) is 4.74 Å². The van der Waals surface area contributed by atoms with Gasteiger partial charge in [0.1, 0.15) is 0 Å². The highest BCUT2D eigenvalue weighted by atomic mass is 32.2. The Labute approximate surface area is 128 Å². The maximum Gasteiger partial charge on any atom is 0.306 e. The van der Waals surface area contributed by atoms with Crippen LogP contribution in [0.25, 0.3) is 0 Å². The minimum absolute atomic E-state index is 0.141. The number of nitrogens with zero attached hydrogens (tertiary/aromatic N) is 2. The van der Waals surface area contributed by atoms with Crippen molar-refractivity contribution in [2.75, 3.05) is 30.3 Å².